The molecule has 0 aliphatic heterocycles. The molecule has 1 heterocycles. The lowest BCUT2D eigenvalue weighted by Gasteiger charge is -2.30. The van der Waals surface area contributed by atoms with Crippen LogP contribution in [-0.4, -0.2) is 12.0 Å². The molecule has 1 aliphatic carbocycles. The number of carbonyl (C=O) groups is 1. The zero-order chi connectivity index (χ0) is 11.9. The molecule has 16 heavy (non-hydrogen) atoms. The molecule has 2 rings (SSSR count). The van der Waals surface area contributed by atoms with E-state index >= 15 is 0 Å². The number of fused-ring (bicyclic) bond motifs is 1. The molecule has 1 aromatic rings. The molecular weight excluding hydrogens is 236 g/mol. The Hall–Kier alpha value is -0.280. The monoisotopic (exact) mass is 254 g/mol. The second-order valence-electron chi connectivity index (χ2n) is 5.28. The quantitative estimate of drug-likeness (QED) is 0.581. The Morgan fingerprint density at radius 2 is 2.06 bits per heavy atom. The van der Waals surface area contributed by atoms with E-state index in [9.17, 15) is 4.79 Å². The molecule has 0 atom stereocenters. The molecule has 0 unspecified atom stereocenters. The van der Waals surface area contributed by atoms with Crippen molar-refractivity contribution in [1.82, 2.24) is 0 Å². The SMILES string of the molecule is CSc1sc(C(C)=O)c2c1CC(C)(C)CC2. The predicted molar refractivity (Wildman–Crippen MR) is 71.9 cm³/mol. The van der Waals surface area contributed by atoms with Crippen LogP contribution >= 0.6 is 23.1 Å². The summed E-state index contributed by atoms with van der Waals surface area (Å²) >= 11 is 3.49. The third kappa shape index (κ3) is 2.07. The highest BCUT2D eigenvalue weighted by Crippen LogP contribution is 2.44. The summed E-state index contributed by atoms with van der Waals surface area (Å²) in [6, 6.07) is 0. The fourth-order valence-corrected chi connectivity index (χ4v) is 4.42. The van der Waals surface area contributed by atoms with E-state index in [1.54, 1.807) is 30.0 Å². The van der Waals surface area contributed by atoms with Crippen molar-refractivity contribution in [3.63, 3.8) is 0 Å². The summed E-state index contributed by atoms with van der Waals surface area (Å²) in [6.07, 6.45) is 5.51. The van der Waals surface area contributed by atoms with Gasteiger partial charge in [0, 0.05) is 0 Å². The number of rotatable bonds is 2. The number of thiophene rings is 1. The first-order chi connectivity index (χ1) is 7.44. The van der Waals surface area contributed by atoms with E-state index in [0.29, 0.717) is 5.41 Å². The van der Waals surface area contributed by atoms with Gasteiger partial charge in [-0.3, -0.25) is 4.79 Å². The Kier molecular flexibility index (Phi) is 3.19. The summed E-state index contributed by atoms with van der Waals surface area (Å²) in [4.78, 5) is 12.6. The summed E-state index contributed by atoms with van der Waals surface area (Å²) in [6.45, 7) is 6.34. The Labute approximate surface area is 106 Å². The van der Waals surface area contributed by atoms with E-state index in [0.717, 1.165) is 17.7 Å². The van der Waals surface area contributed by atoms with Gasteiger partial charge in [-0.15, -0.1) is 23.1 Å². The van der Waals surface area contributed by atoms with Gasteiger partial charge < -0.3 is 0 Å². The van der Waals surface area contributed by atoms with Crippen molar-refractivity contribution in [1.29, 1.82) is 0 Å². The number of thioether (sulfide) groups is 1. The number of ketones is 1. The molecule has 0 radical (unpaired) electrons. The van der Waals surface area contributed by atoms with Gasteiger partial charge >= 0.3 is 0 Å². The third-order valence-electron chi connectivity index (χ3n) is 3.29. The van der Waals surface area contributed by atoms with E-state index < -0.39 is 0 Å². The second-order valence-corrected chi connectivity index (χ2v) is 7.37. The van der Waals surface area contributed by atoms with Crippen molar-refractivity contribution in [2.75, 3.05) is 6.26 Å². The van der Waals surface area contributed by atoms with Crippen LogP contribution in [0.4, 0.5) is 0 Å². The first kappa shape index (κ1) is 12.2. The molecule has 0 bridgehead atoms. The minimum absolute atomic E-state index is 0.237. The molecule has 0 saturated carbocycles. The van der Waals surface area contributed by atoms with Crippen LogP contribution < -0.4 is 0 Å². The van der Waals surface area contributed by atoms with Crippen LogP contribution in [0.1, 0.15) is 48.0 Å². The fraction of sp³-hybridized carbons (Fsp3) is 0.615. The van der Waals surface area contributed by atoms with Crippen molar-refractivity contribution in [2.45, 2.75) is 44.2 Å². The van der Waals surface area contributed by atoms with E-state index in [-0.39, 0.29) is 5.78 Å². The van der Waals surface area contributed by atoms with Gasteiger partial charge in [-0.05, 0) is 49.0 Å². The van der Waals surface area contributed by atoms with E-state index in [2.05, 4.69) is 20.1 Å². The molecule has 1 nitrogen and oxygen atoms in total. The fourth-order valence-electron chi connectivity index (χ4n) is 2.40. The largest absolute Gasteiger partial charge is 0.294 e. The van der Waals surface area contributed by atoms with Gasteiger partial charge in [-0.25, -0.2) is 0 Å². The summed E-state index contributed by atoms with van der Waals surface area (Å²) in [5.41, 5.74) is 3.20. The van der Waals surface area contributed by atoms with E-state index in [1.807, 2.05) is 0 Å². The Bertz CT molecular complexity index is 429. The van der Waals surface area contributed by atoms with Crippen LogP contribution in [0.5, 0.6) is 0 Å². The van der Waals surface area contributed by atoms with Crippen molar-refractivity contribution in [3.8, 4) is 0 Å². The maximum atomic E-state index is 11.6. The predicted octanol–water partition coefficient (Wildman–Crippen LogP) is 4.19. The molecule has 88 valence electrons. The number of hydrogen-bond acceptors (Lipinski definition) is 3. The van der Waals surface area contributed by atoms with Gasteiger partial charge in [0.2, 0.25) is 0 Å². The maximum Gasteiger partial charge on any atom is 0.170 e. The van der Waals surface area contributed by atoms with Gasteiger partial charge in [0.15, 0.2) is 5.78 Å². The topological polar surface area (TPSA) is 17.1 Å². The lowest BCUT2D eigenvalue weighted by atomic mass is 9.75. The van der Waals surface area contributed by atoms with Crippen LogP contribution in [0.15, 0.2) is 4.21 Å². The molecule has 0 aromatic carbocycles. The summed E-state index contributed by atoms with van der Waals surface area (Å²) < 4.78 is 1.35. The molecule has 0 N–H and O–H groups in total. The molecule has 0 amide bonds. The summed E-state index contributed by atoms with van der Waals surface area (Å²) in [5, 5.41) is 0. The average molecular weight is 254 g/mol. The van der Waals surface area contributed by atoms with Crippen molar-refractivity contribution in [3.05, 3.63) is 16.0 Å². The highest BCUT2D eigenvalue weighted by Gasteiger charge is 2.31. The van der Waals surface area contributed by atoms with Gasteiger partial charge in [0.1, 0.15) is 0 Å². The summed E-state index contributed by atoms with van der Waals surface area (Å²) in [5.74, 6) is 0.237. The van der Waals surface area contributed by atoms with Gasteiger partial charge in [0.05, 0.1) is 9.09 Å². The van der Waals surface area contributed by atoms with Gasteiger partial charge in [-0.1, -0.05) is 13.8 Å². The van der Waals surface area contributed by atoms with E-state index in [4.69, 9.17) is 0 Å². The van der Waals surface area contributed by atoms with Crippen molar-refractivity contribution in [2.24, 2.45) is 5.41 Å². The van der Waals surface area contributed by atoms with Crippen LogP contribution in [0, 0.1) is 5.41 Å². The zero-order valence-electron chi connectivity index (χ0n) is 10.3. The number of hydrogen-bond donors (Lipinski definition) is 0. The van der Waals surface area contributed by atoms with Crippen LogP contribution in [0.2, 0.25) is 0 Å². The molecule has 0 spiro atoms. The molecule has 3 heteroatoms. The van der Waals surface area contributed by atoms with Crippen LogP contribution in [-0.2, 0) is 12.8 Å². The standard InChI is InChI=1S/C13H18OS2/c1-8(14)11-9-5-6-13(2,3)7-10(9)12(15-4)16-11/h5-7H2,1-4H3. The molecule has 0 saturated heterocycles. The average Bonchev–Trinajstić information content (AvgIpc) is 2.54. The van der Waals surface area contributed by atoms with Gasteiger partial charge in [0.25, 0.3) is 0 Å². The lowest BCUT2D eigenvalue weighted by molar-refractivity contribution is 0.102. The first-order valence-corrected chi connectivity index (χ1v) is 7.68. The minimum atomic E-state index is 0.237. The smallest absolute Gasteiger partial charge is 0.170 e. The second kappa shape index (κ2) is 4.19. The molecule has 1 aliphatic rings. The normalized spacial score (nSPS) is 18.2. The van der Waals surface area contributed by atoms with Gasteiger partial charge in [-0.2, -0.15) is 0 Å². The number of Topliss-reactive ketones (excluding diaryl/α,β-unsaturated/α-hetero) is 1. The third-order valence-corrected chi connectivity index (χ3v) is 5.83. The Morgan fingerprint density at radius 3 is 2.62 bits per heavy atom. The minimum Gasteiger partial charge on any atom is -0.294 e. The first-order valence-electron chi connectivity index (χ1n) is 5.64. The zero-order valence-corrected chi connectivity index (χ0v) is 12.0. The summed E-state index contributed by atoms with van der Waals surface area (Å²) in [7, 11) is 0. The molecular formula is C13H18OS2. The van der Waals surface area contributed by atoms with Crippen molar-refractivity contribution >= 4 is 28.9 Å². The Balaban J connectivity index is 2.50. The van der Waals surface area contributed by atoms with Crippen LogP contribution in [0.3, 0.4) is 0 Å². The van der Waals surface area contributed by atoms with Crippen molar-refractivity contribution < 1.29 is 4.79 Å². The maximum absolute atomic E-state index is 11.6. The lowest BCUT2D eigenvalue weighted by Crippen LogP contribution is -2.22. The molecule has 1 aromatic heterocycles. The highest BCUT2D eigenvalue weighted by atomic mass is 32.2. The van der Waals surface area contributed by atoms with E-state index in [1.165, 1.54) is 21.8 Å². The van der Waals surface area contributed by atoms with Crippen LogP contribution in [0.25, 0.3) is 0 Å². The number of carbonyl (C=O) groups excluding carboxylic acids is 1. The molecule has 0 fully saturated rings. The Morgan fingerprint density at radius 1 is 1.38 bits per heavy atom. The highest BCUT2D eigenvalue weighted by molar-refractivity contribution is 8.00.